The minimum absolute atomic E-state index is 0.0114. The number of methoxy groups -OCH3 is 3. The molecule has 274 valence electrons. The third-order valence-electron chi connectivity index (χ3n) is 8.54. The molecule has 3 aromatic rings. The second-order valence-electron chi connectivity index (χ2n) is 11.9. The lowest BCUT2D eigenvalue weighted by Gasteiger charge is -2.34. The van der Waals surface area contributed by atoms with E-state index in [1.54, 1.807) is 40.0 Å². The van der Waals surface area contributed by atoms with Gasteiger partial charge in [-0.2, -0.15) is 0 Å². The maximum Gasteiger partial charge on any atom is 0.328 e. The fraction of sp³-hybridized carbons (Fsp3) is 0.395. The summed E-state index contributed by atoms with van der Waals surface area (Å²) in [6.45, 7) is 8.75. The monoisotopic (exact) mass is 721 g/mol. The van der Waals surface area contributed by atoms with Gasteiger partial charge in [0.1, 0.15) is 16.9 Å². The molecule has 3 aromatic carbocycles. The summed E-state index contributed by atoms with van der Waals surface area (Å²) in [7, 11) is 5.01. The molecule has 1 fully saturated rings. The third-order valence-corrected chi connectivity index (χ3v) is 9.83. The van der Waals surface area contributed by atoms with Crippen molar-refractivity contribution in [3.8, 4) is 23.0 Å². The summed E-state index contributed by atoms with van der Waals surface area (Å²) in [5, 5.41) is 15.4. The van der Waals surface area contributed by atoms with E-state index in [0.717, 1.165) is 97.7 Å². The van der Waals surface area contributed by atoms with Crippen molar-refractivity contribution in [2.75, 3.05) is 72.1 Å². The molecule has 2 aliphatic rings. The summed E-state index contributed by atoms with van der Waals surface area (Å²) in [6, 6.07) is 20.1. The van der Waals surface area contributed by atoms with Crippen molar-refractivity contribution in [3.63, 3.8) is 0 Å². The molecule has 5 rings (SSSR count). The van der Waals surface area contributed by atoms with Gasteiger partial charge in [-0.05, 0) is 73.8 Å². The Morgan fingerprint density at radius 2 is 1.43 bits per heavy atom. The van der Waals surface area contributed by atoms with Gasteiger partial charge in [0.05, 0.1) is 33.6 Å². The number of carbonyl (C=O) groups excluding carboxylic acids is 1. The minimum Gasteiger partial charge on any atom is -0.497 e. The molecule has 2 aliphatic heterocycles. The number of para-hydroxylation sites is 1. The van der Waals surface area contributed by atoms with Crippen LogP contribution in [0, 0.1) is 0 Å². The molecule has 0 radical (unpaired) electrons. The maximum atomic E-state index is 12.7. The number of aliphatic carboxylic acids is 2. The van der Waals surface area contributed by atoms with Gasteiger partial charge in [0.25, 0.3) is 0 Å². The lowest BCUT2D eigenvalue weighted by atomic mass is 10.1. The van der Waals surface area contributed by atoms with Gasteiger partial charge in [0.2, 0.25) is 5.91 Å². The number of rotatable bonds is 15. The summed E-state index contributed by atoms with van der Waals surface area (Å²) >= 11 is 1.68. The number of amides is 1. The number of ether oxygens (including phenoxy) is 4. The molecule has 0 saturated carbocycles. The van der Waals surface area contributed by atoms with Gasteiger partial charge >= 0.3 is 11.9 Å². The van der Waals surface area contributed by atoms with E-state index in [1.807, 2.05) is 47.4 Å². The number of carbonyl (C=O) groups is 3. The number of nitrogens with zero attached hydrogens (tertiary/aromatic N) is 3. The average molecular weight is 722 g/mol. The quantitative estimate of drug-likeness (QED) is 0.149. The van der Waals surface area contributed by atoms with Gasteiger partial charge in [-0.25, -0.2) is 9.59 Å². The Hall–Kier alpha value is -4.72. The number of carboxylic acid groups (broad SMARTS) is 2. The van der Waals surface area contributed by atoms with E-state index in [0.29, 0.717) is 18.8 Å². The van der Waals surface area contributed by atoms with Crippen LogP contribution in [0.4, 0.5) is 5.69 Å². The van der Waals surface area contributed by atoms with Crippen molar-refractivity contribution >= 4 is 35.3 Å². The minimum atomic E-state index is -1.26. The standard InChI is InChI=1S/C34H43N3O5S.C4H4O4/c1-25(38)37-29-9-5-6-10-33(29)43-34(37)28-24-27(39-2)12-14-30(28)42-22-8-7-16-35-18-20-36(21-19-35)17-15-26-11-13-31(40-3)32(23-26)41-4;5-3(6)1-2-4(7)8/h5-6,9-14,23-24,34H,7-8,15-22H2,1-4H3;1-2H,(H,5,6)(H,7,8)/b;2-1+. The van der Waals surface area contributed by atoms with Gasteiger partial charge in [-0.1, -0.05) is 30.0 Å². The normalized spacial score (nSPS) is 15.8. The van der Waals surface area contributed by atoms with Gasteiger partial charge in [-0.15, -0.1) is 0 Å². The number of carboxylic acids is 2. The third kappa shape index (κ3) is 11.4. The van der Waals surface area contributed by atoms with E-state index in [2.05, 4.69) is 28.0 Å². The van der Waals surface area contributed by atoms with E-state index in [4.69, 9.17) is 29.2 Å². The van der Waals surface area contributed by atoms with Crippen LogP contribution in [0.1, 0.15) is 36.3 Å². The number of unbranched alkanes of at least 4 members (excludes halogenated alkanes) is 1. The number of thioether (sulfide) groups is 1. The molecular formula is C38H47N3O9S. The first-order valence-corrected chi connectivity index (χ1v) is 17.7. The molecule has 0 aromatic heterocycles. The van der Waals surface area contributed by atoms with Crippen molar-refractivity contribution in [1.82, 2.24) is 9.80 Å². The lowest BCUT2D eigenvalue weighted by Crippen LogP contribution is -2.47. The van der Waals surface area contributed by atoms with E-state index in [-0.39, 0.29) is 11.3 Å². The topological polar surface area (TPSA) is 138 Å². The van der Waals surface area contributed by atoms with Crippen LogP contribution in [0.15, 0.2) is 77.7 Å². The average Bonchev–Trinajstić information content (AvgIpc) is 3.53. The van der Waals surface area contributed by atoms with E-state index < -0.39 is 11.9 Å². The number of piperazine rings is 1. The van der Waals surface area contributed by atoms with Crippen LogP contribution in [-0.4, -0.2) is 105 Å². The first-order chi connectivity index (χ1) is 24.6. The number of hydrogen-bond acceptors (Lipinski definition) is 10. The maximum absolute atomic E-state index is 12.7. The smallest absolute Gasteiger partial charge is 0.328 e. The van der Waals surface area contributed by atoms with Crippen LogP contribution in [0.3, 0.4) is 0 Å². The Morgan fingerprint density at radius 1 is 0.784 bits per heavy atom. The highest BCUT2D eigenvalue weighted by atomic mass is 32.2. The highest BCUT2D eigenvalue weighted by Crippen LogP contribution is 2.53. The Kier molecular flexibility index (Phi) is 15.0. The van der Waals surface area contributed by atoms with Gasteiger partial charge in [0, 0.05) is 62.3 Å². The zero-order chi connectivity index (χ0) is 36.8. The number of fused-ring (bicyclic) bond motifs is 1. The van der Waals surface area contributed by atoms with Crippen LogP contribution >= 0.6 is 11.8 Å². The van der Waals surface area contributed by atoms with Crippen LogP contribution in [0.5, 0.6) is 23.0 Å². The van der Waals surface area contributed by atoms with E-state index >= 15 is 0 Å². The van der Waals surface area contributed by atoms with Gasteiger partial charge < -0.3 is 39.0 Å². The van der Waals surface area contributed by atoms with Crippen molar-refractivity contribution in [2.24, 2.45) is 0 Å². The molecule has 2 heterocycles. The molecule has 0 bridgehead atoms. The highest BCUT2D eigenvalue weighted by molar-refractivity contribution is 8.00. The first kappa shape index (κ1) is 39.1. The Bertz CT molecular complexity index is 1640. The molecule has 1 amide bonds. The largest absolute Gasteiger partial charge is 0.497 e. The zero-order valence-electron chi connectivity index (χ0n) is 29.6. The highest BCUT2D eigenvalue weighted by Gasteiger charge is 2.36. The second-order valence-corrected chi connectivity index (χ2v) is 13.0. The first-order valence-electron chi connectivity index (χ1n) is 16.8. The molecule has 51 heavy (non-hydrogen) atoms. The number of hydrogen-bond donors (Lipinski definition) is 2. The molecule has 0 aliphatic carbocycles. The Labute approximate surface area is 303 Å². The molecule has 1 saturated heterocycles. The fourth-order valence-corrected chi connectivity index (χ4v) is 7.26. The van der Waals surface area contributed by atoms with Crippen LogP contribution in [0.2, 0.25) is 0 Å². The Morgan fingerprint density at radius 3 is 2.06 bits per heavy atom. The molecule has 2 N–H and O–H groups in total. The molecule has 0 spiro atoms. The second kappa shape index (κ2) is 19.6. The summed E-state index contributed by atoms with van der Waals surface area (Å²) in [6.07, 6.45) is 4.17. The zero-order valence-corrected chi connectivity index (χ0v) is 30.4. The summed E-state index contributed by atoms with van der Waals surface area (Å²) in [5.41, 5.74) is 3.17. The molecular weight excluding hydrogens is 674 g/mol. The van der Waals surface area contributed by atoms with Gasteiger partial charge in [-0.3, -0.25) is 9.69 Å². The van der Waals surface area contributed by atoms with Crippen molar-refractivity contribution in [2.45, 2.75) is 36.5 Å². The van der Waals surface area contributed by atoms with Crippen LogP contribution < -0.4 is 23.8 Å². The van der Waals surface area contributed by atoms with Gasteiger partial charge in [0.15, 0.2) is 11.5 Å². The van der Waals surface area contributed by atoms with Crippen LogP contribution in [-0.2, 0) is 20.8 Å². The predicted octanol–water partition coefficient (Wildman–Crippen LogP) is 5.60. The fourth-order valence-electron chi connectivity index (χ4n) is 5.89. The van der Waals surface area contributed by atoms with Crippen molar-refractivity contribution < 1.29 is 43.5 Å². The van der Waals surface area contributed by atoms with Crippen LogP contribution in [0.25, 0.3) is 0 Å². The van der Waals surface area contributed by atoms with Crippen molar-refractivity contribution in [1.29, 1.82) is 0 Å². The number of anilines is 1. The Balaban J connectivity index is 0.000000652. The summed E-state index contributed by atoms with van der Waals surface area (Å²) < 4.78 is 22.7. The summed E-state index contributed by atoms with van der Waals surface area (Å²) in [4.78, 5) is 39.9. The molecule has 1 unspecified atom stereocenters. The number of benzene rings is 3. The summed E-state index contributed by atoms with van der Waals surface area (Å²) in [5.74, 6) is 0.619. The lowest BCUT2D eigenvalue weighted by molar-refractivity contribution is -0.134. The van der Waals surface area contributed by atoms with E-state index in [9.17, 15) is 14.4 Å². The molecule has 13 heteroatoms. The van der Waals surface area contributed by atoms with E-state index in [1.165, 1.54) is 5.56 Å². The molecule has 12 nitrogen and oxygen atoms in total. The molecule has 1 atom stereocenters. The SMILES string of the molecule is COc1ccc(OCCCCN2CCN(CCc3ccc(OC)c(OC)c3)CC2)c(C2Sc3ccccc3N2C(C)=O)c1.O=C(O)/C=C/C(=O)O. The van der Waals surface area contributed by atoms with Crippen molar-refractivity contribution in [3.05, 3.63) is 83.9 Å². The predicted molar refractivity (Wildman–Crippen MR) is 196 cm³/mol.